The average Bonchev–Trinajstić information content (AvgIpc) is 3.04. The predicted octanol–water partition coefficient (Wildman–Crippen LogP) is 3.14. The number of imide groups is 1. The van der Waals surface area contributed by atoms with Gasteiger partial charge in [0.2, 0.25) is 0 Å². The number of amides is 2. The minimum absolute atomic E-state index is 0.0321. The highest BCUT2D eigenvalue weighted by atomic mass is 19.1. The van der Waals surface area contributed by atoms with Crippen molar-refractivity contribution in [1.29, 1.82) is 0 Å². The Hall–Kier alpha value is -3.19. The Morgan fingerprint density at radius 3 is 2.26 bits per heavy atom. The maximum atomic E-state index is 14.5. The largest absolute Gasteiger partial charge is 0.497 e. The third kappa shape index (κ3) is 3.81. The zero-order chi connectivity index (χ0) is 22.1. The Morgan fingerprint density at radius 2 is 1.65 bits per heavy atom. The van der Waals surface area contributed by atoms with Crippen LogP contribution in [-0.2, 0) is 9.59 Å². The molecule has 2 aromatic carbocycles. The summed E-state index contributed by atoms with van der Waals surface area (Å²) < 4.78 is 19.8. The van der Waals surface area contributed by atoms with Gasteiger partial charge >= 0.3 is 0 Å². The van der Waals surface area contributed by atoms with E-state index in [0.29, 0.717) is 17.0 Å². The van der Waals surface area contributed by atoms with Gasteiger partial charge < -0.3 is 14.5 Å². The molecule has 1 fully saturated rings. The van der Waals surface area contributed by atoms with Crippen LogP contribution in [0.1, 0.15) is 18.4 Å². The number of likely N-dealkylation sites (tertiary alicyclic amines) is 1. The zero-order valence-electron chi connectivity index (χ0n) is 18.0. The predicted molar refractivity (Wildman–Crippen MR) is 117 cm³/mol. The van der Waals surface area contributed by atoms with Crippen LogP contribution in [0.25, 0.3) is 5.57 Å². The first-order valence-electron chi connectivity index (χ1n) is 10.4. The lowest BCUT2D eigenvalue weighted by molar-refractivity contribution is -0.120. The van der Waals surface area contributed by atoms with Crippen molar-refractivity contribution in [3.8, 4) is 5.75 Å². The summed E-state index contributed by atoms with van der Waals surface area (Å²) in [5.41, 5.74) is 1.17. The number of anilines is 1. The highest BCUT2D eigenvalue weighted by Crippen LogP contribution is 2.37. The van der Waals surface area contributed by atoms with Crippen LogP contribution in [0.4, 0.5) is 10.1 Å². The number of methoxy groups -OCH3 is 1. The van der Waals surface area contributed by atoms with Gasteiger partial charge in [-0.15, -0.1) is 0 Å². The SMILES string of the molecule is COc1ccc(C2=C(N(C)C3CCN(C)CC3)C(=O)N(c3ccccc3F)C2=O)cc1. The van der Waals surface area contributed by atoms with Gasteiger partial charge in [0, 0.05) is 13.1 Å². The molecule has 0 bridgehead atoms. The molecule has 31 heavy (non-hydrogen) atoms. The molecule has 2 aliphatic heterocycles. The molecule has 2 amide bonds. The van der Waals surface area contributed by atoms with E-state index in [1.54, 1.807) is 37.4 Å². The third-order valence-electron chi connectivity index (χ3n) is 6.12. The summed E-state index contributed by atoms with van der Waals surface area (Å²) in [7, 11) is 5.49. The number of nitrogens with zero attached hydrogens (tertiary/aromatic N) is 3. The zero-order valence-corrected chi connectivity index (χ0v) is 18.0. The van der Waals surface area contributed by atoms with Crippen LogP contribution in [0.15, 0.2) is 54.2 Å². The van der Waals surface area contributed by atoms with Gasteiger partial charge in [-0.1, -0.05) is 24.3 Å². The summed E-state index contributed by atoms with van der Waals surface area (Å²) in [6, 6.07) is 13.0. The number of benzene rings is 2. The van der Waals surface area contributed by atoms with Gasteiger partial charge in [0.1, 0.15) is 17.3 Å². The lowest BCUT2D eigenvalue weighted by Gasteiger charge is -2.36. The van der Waals surface area contributed by atoms with Gasteiger partial charge in [-0.05, 0) is 62.8 Å². The molecule has 162 valence electrons. The van der Waals surface area contributed by atoms with Crippen molar-refractivity contribution in [1.82, 2.24) is 9.80 Å². The van der Waals surface area contributed by atoms with Crippen molar-refractivity contribution in [2.45, 2.75) is 18.9 Å². The molecule has 6 nitrogen and oxygen atoms in total. The van der Waals surface area contributed by atoms with Crippen LogP contribution < -0.4 is 9.64 Å². The lowest BCUT2D eigenvalue weighted by Crippen LogP contribution is -2.43. The Labute approximate surface area is 181 Å². The summed E-state index contributed by atoms with van der Waals surface area (Å²) in [4.78, 5) is 32.1. The van der Waals surface area contributed by atoms with Gasteiger partial charge in [-0.3, -0.25) is 9.59 Å². The quantitative estimate of drug-likeness (QED) is 0.692. The minimum atomic E-state index is -0.610. The van der Waals surface area contributed by atoms with E-state index < -0.39 is 17.6 Å². The van der Waals surface area contributed by atoms with Crippen molar-refractivity contribution in [2.75, 3.05) is 39.2 Å². The molecule has 2 aromatic rings. The van der Waals surface area contributed by atoms with Gasteiger partial charge in [-0.25, -0.2) is 9.29 Å². The number of carbonyl (C=O) groups excluding carboxylic acids is 2. The van der Waals surface area contributed by atoms with Gasteiger partial charge in [0.25, 0.3) is 11.8 Å². The van der Waals surface area contributed by atoms with Crippen molar-refractivity contribution in [3.63, 3.8) is 0 Å². The number of carbonyl (C=O) groups is 2. The van der Waals surface area contributed by atoms with Gasteiger partial charge in [0.15, 0.2) is 0 Å². The van der Waals surface area contributed by atoms with E-state index in [1.165, 1.54) is 18.2 Å². The number of hydrogen-bond donors (Lipinski definition) is 0. The van der Waals surface area contributed by atoms with Crippen molar-refractivity contribution in [2.24, 2.45) is 0 Å². The third-order valence-corrected chi connectivity index (χ3v) is 6.12. The topological polar surface area (TPSA) is 53.1 Å². The van der Waals surface area contributed by atoms with Crippen LogP contribution in [-0.4, -0.2) is 62.0 Å². The van der Waals surface area contributed by atoms with E-state index >= 15 is 0 Å². The van der Waals surface area contributed by atoms with Gasteiger partial charge in [0.05, 0.1) is 18.4 Å². The highest BCUT2D eigenvalue weighted by molar-refractivity contribution is 6.45. The summed E-state index contributed by atoms with van der Waals surface area (Å²) in [6.45, 7) is 1.83. The molecule has 4 rings (SSSR count). The van der Waals surface area contributed by atoms with E-state index in [9.17, 15) is 14.0 Å². The monoisotopic (exact) mass is 423 g/mol. The van der Waals surface area contributed by atoms with E-state index in [4.69, 9.17) is 4.74 Å². The van der Waals surface area contributed by atoms with Crippen LogP contribution >= 0.6 is 0 Å². The molecule has 0 unspecified atom stereocenters. The number of para-hydroxylation sites is 1. The summed E-state index contributed by atoms with van der Waals surface area (Å²) >= 11 is 0. The van der Waals surface area contributed by atoms with E-state index in [-0.39, 0.29) is 17.3 Å². The van der Waals surface area contributed by atoms with Crippen LogP contribution in [0.5, 0.6) is 5.75 Å². The summed E-state index contributed by atoms with van der Waals surface area (Å²) in [6.07, 6.45) is 1.77. The Kier molecular flexibility index (Phi) is 5.78. The Balaban J connectivity index is 1.79. The molecule has 0 aromatic heterocycles. The van der Waals surface area contributed by atoms with Gasteiger partial charge in [-0.2, -0.15) is 0 Å². The fourth-order valence-corrected chi connectivity index (χ4v) is 4.28. The second-order valence-corrected chi connectivity index (χ2v) is 7.99. The minimum Gasteiger partial charge on any atom is -0.497 e. The van der Waals surface area contributed by atoms with Crippen molar-refractivity contribution < 1.29 is 18.7 Å². The molecule has 1 saturated heterocycles. The fraction of sp³-hybridized carbons (Fsp3) is 0.333. The molecule has 0 radical (unpaired) electrons. The Bertz CT molecular complexity index is 1030. The molecule has 0 atom stereocenters. The van der Waals surface area contributed by atoms with E-state index in [2.05, 4.69) is 11.9 Å². The van der Waals surface area contributed by atoms with Crippen molar-refractivity contribution >= 4 is 23.1 Å². The molecule has 0 N–H and O–H groups in total. The second kappa shape index (κ2) is 8.51. The van der Waals surface area contributed by atoms with Crippen LogP contribution in [0, 0.1) is 5.82 Å². The first-order chi connectivity index (χ1) is 14.9. The molecule has 2 aliphatic rings. The fourth-order valence-electron chi connectivity index (χ4n) is 4.28. The first kappa shape index (κ1) is 21.1. The smallest absolute Gasteiger partial charge is 0.282 e. The number of likely N-dealkylation sites (N-methyl/N-ethyl adjacent to an activating group) is 1. The van der Waals surface area contributed by atoms with Crippen molar-refractivity contribution in [3.05, 3.63) is 65.6 Å². The maximum Gasteiger partial charge on any atom is 0.282 e. The molecule has 0 saturated carbocycles. The Morgan fingerprint density at radius 1 is 1.00 bits per heavy atom. The first-order valence-corrected chi connectivity index (χ1v) is 10.4. The molecule has 7 heteroatoms. The number of hydrogen-bond acceptors (Lipinski definition) is 5. The molecular formula is C24H26FN3O3. The van der Waals surface area contributed by atoms with E-state index in [0.717, 1.165) is 30.8 Å². The standard InChI is InChI=1S/C24H26FN3O3/c1-26-14-12-17(13-15-26)27(2)22-21(16-8-10-18(31-3)11-9-16)23(29)28(24(22)30)20-7-5-4-6-19(20)25/h4-11,17H,12-15H2,1-3H3. The van der Waals surface area contributed by atoms with E-state index in [1.807, 2.05) is 11.9 Å². The molecule has 0 spiro atoms. The number of rotatable bonds is 5. The van der Waals surface area contributed by atoms with Crippen LogP contribution in [0.3, 0.4) is 0 Å². The normalized spacial score (nSPS) is 18.1. The number of halogens is 1. The second-order valence-electron chi connectivity index (χ2n) is 7.99. The molecular weight excluding hydrogens is 397 g/mol. The number of piperidine rings is 1. The molecule has 2 heterocycles. The summed E-state index contributed by atoms with van der Waals surface area (Å²) in [5.74, 6) is -0.976. The van der Waals surface area contributed by atoms with Crippen LogP contribution in [0.2, 0.25) is 0 Å². The molecule has 0 aliphatic carbocycles. The maximum absolute atomic E-state index is 14.5. The number of ether oxygens (including phenoxy) is 1. The lowest BCUT2D eigenvalue weighted by atomic mass is 10.00. The highest BCUT2D eigenvalue weighted by Gasteiger charge is 2.44. The average molecular weight is 423 g/mol. The summed E-state index contributed by atoms with van der Waals surface area (Å²) in [5, 5.41) is 0.